The number of para-hydroxylation sites is 1. The zero-order chi connectivity index (χ0) is 14.7. The van der Waals surface area contributed by atoms with Crippen LogP contribution in [-0.2, 0) is 17.9 Å². The molecule has 1 aromatic carbocycles. The number of anilines is 1. The van der Waals surface area contributed by atoms with Gasteiger partial charge in [-0.05, 0) is 37.1 Å². The number of carbonyl (C=O) groups is 1. The molecule has 0 unspecified atom stereocenters. The van der Waals surface area contributed by atoms with Crippen LogP contribution in [0.5, 0.6) is 0 Å². The third kappa shape index (κ3) is 3.86. The van der Waals surface area contributed by atoms with Crippen molar-refractivity contribution >= 4 is 23.2 Å². The maximum atomic E-state index is 12.1. The van der Waals surface area contributed by atoms with Gasteiger partial charge in [-0.3, -0.25) is 4.79 Å². The number of nitrogens with zero attached hydrogens (tertiary/aromatic N) is 1. The number of carbonyl (C=O) groups excluding carboxylic acids is 1. The van der Waals surface area contributed by atoms with Crippen molar-refractivity contribution in [3.8, 4) is 0 Å². The van der Waals surface area contributed by atoms with Crippen LogP contribution in [0, 0.1) is 0 Å². The van der Waals surface area contributed by atoms with Crippen LogP contribution in [-0.4, -0.2) is 16.5 Å². The van der Waals surface area contributed by atoms with E-state index in [1.165, 1.54) is 12.8 Å². The lowest BCUT2D eigenvalue weighted by molar-refractivity contribution is -0.116. The highest BCUT2D eigenvalue weighted by molar-refractivity contribution is 6.33. The third-order valence-corrected chi connectivity index (χ3v) is 3.86. The highest BCUT2D eigenvalue weighted by Gasteiger charge is 2.20. The van der Waals surface area contributed by atoms with Gasteiger partial charge in [0.2, 0.25) is 5.91 Å². The Balaban J connectivity index is 1.59. The third-order valence-electron chi connectivity index (χ3n) is 3.53. The van der Waals surface area contributed by atoms with Gasteiger partial charge in [-0.2, -0.15) is 0 Å². The molecule has 21 heavy (non-hydrogen) atoms. The fourth-order valence-electron chi connectivity index (χ4n) is 2.21. The maximum absolute atomic E-state index is 12.1. The number of amides is 1. The summed E-state index contributed by atoms with van der Waals surface area (Å²) in [5.41, 5.74) is 1.77. The van der Waals surface area contributed by atoms with E-state index < -0.39 is 0 Å². The molecule has 1 amide bonds. The van der Waals surface area contributed by atoms with Crippen molar-refractivity contribution < 1.29 is 4.79 Å². The number of hydrogen-bond donors (Lipinski definition) is 2. The summed E-state index contributed by atoms with van der Waals surface area (Å²) in [6.07, 6.45) is 4.44. The van der Waals surface area contributed by atoms with E-state index in [1.807, 2.05) is 35.0 Å². The molecule has 3 rings (SSSR count). The lowest BCUT2D eigenvalue weighted by Gasteiger charge is -2.11. The molecular weight excluding hydrogens is 286 g/mol. The summed E-state index contributed by atoms with van der Waals surface area (Å²) in [5, 5.41) is 6.85. The van der Waals surface area contributed by atoms with Crippen LogP contribution in [0.25, 0.3) is 0 Å². The Labute approximate surface area is 129 Å². The SMILES string of the molecule is O=C(Cn1cccc1CNC1CC1)Nc1ccccc1Cl. The van der Waals surface area contributed by atoms with Crippen molar-refractivity contribution in [2.75, 3.05) is 5.32 Å². The Morgan fingerprint density at radius 2 is 2.05 bits per heavy atom. The molecule has 4 nitrogen and oxygen atoms in total. The molecule has 0 atom stereocenters. The number of hydrogen-bond acceptors (Lipinski definition) is 2. The normalized spacial score (nSPS) is 14.1. The summed E-state index contributed by atoms with van der Waals surface area (Å²) >= 11 is 6.04. The smallest absolute Gasteiger partial charge is 0.244 e. The molecular formula is C16H18ClN3O. The average molecular weight is 304 g/mol. The molecule has 1 aromatic heterocycles. The quantitative estimate of drug-likeness (QED) is 0.861. The fourth-order valence-corrected chi connectivity index (χ4v) is 2.39. The molecule has 0 radical (unpaired) electrons. The molecule has 1 fully saturated rings. The Bertz CT molecular complexity index is 634. The van der Waals surface area contributed by atoms with Crippen molar-refractivity contribution in [2.45, 2.75) is 32.0 Å². The van der Waals surface area contributed by atoms with Crippen LogP contribution in [0.2, 0.25) is 5.02 Å². The zero-order valence-corrected chi connectivity index (χ0v) is 12.4. The summed E-state index contributed by atoms with van der Waals surface area (Å²) in [5.74, 6) is -0.0769. The van der Waals surface area contributed by atoms with Gasteiger partial charge in [0.15, 0.2) is 0 Å². The largest absolute Gasteiger partial charge is 0.341 e. The van der Waals surface area contributed by atoms with E-state index in [2.05, 4.69) is 10.6 Å². The second-order valence-corrected chi connectivity index (χ2v) is 5.72. The number of rotatable bonds is 6. The van der Waals surface area contributed by atoms with E-state index in [0.29, 0.717) is 23.3 Å². The van der Waals surface area contributed by atoms with E-state index in [0.717, 1.165) is 12.2 Å². The molecule has 1 saturated carbocycles. The van der Waals surface area contributed by atoms with Gasteiger partial charge in [0.1, 0.15) is 6.54 Å². The second kappa shape index (κ2) is 6.33. The van der Waals surface area contributed by atoms with Crippen LogP contribution < -0.4 is 10.6 Å². The topological polar surface area (TPSA) is 46.1 Å². The van der Waals surface area contributed by atoms with Gasteiger partial charge in [0.25, 0.3) is 0 Å². The second-order valence-electron chi connectivity index (χ2n) is 5.31. The first-order valence-electron chi connectivity index (χ1n) is 7.14. The first kappa shape index (κ1) is 14.2. The van der Waals surface area contributed by atoms with E-state index in [-0.39, 0.29) is 5.91 Å². The Kier molecular flexibility index (Phi) is 4.27. The van der Waals surface area contributed by atoms with Crippen molar-refractivity contribution in [1.29, 1.82) is 0 Å². The Morgan fingerprint density at radius 1 is 1.24 bits per heavy atom. The molecule has 1 aliphatic carbocycles. The molecule has 1 aliphatic rings. The molecule has 0 spiro atoms. The molecule has 2 N–H and O–H groups in total. The summed E-state index contributed by atoms with van der Waals surface area (Å²) in [7, 11) is 0. The van der Waals surface area contributed by atoms with E-state index >= 15 is 0 Å². The monoisotopic (exact) mass is 303 g/mol. The standard InChI is InChI=1S/C16H18ClN3O/c17-14-5-1-2-6-15(14)19-16(21)11-20-9-3-4-13(20)10-18-12-7-8-12/h1-6,9,12,18H,7-8,10-11H2,(H,19,21). The van der Waals surface area contributed by atoms with E-state index in [4.69, 9.17) is 11.6 Å². The molecule has 0 bridgehead atoms. The minimum Gasteiger partial charge on any atom is -0.341 e. The number of benzene rings is 1. The van der Waals surface area contributed by atoms with Crippen LogP contribution >= 0.6 is 11.6 Å². The van der Waals surface area contributed by atoms with Gasteiger partial charge in [-0.1, -0.05) is 23.7 Å². The van der Waals surface area contributed by atoms with Crippen molar-refractivity contribution in [3.63, 3.8) is 0 Å². The Hall–Kier alpha value is -1.78. The van der Waals surface area contributed by atoms with Crippen LogP contribution in [0.1, 0.15) is 18.5 Å². The highest BCUT2D eigenvalue weighted by Crippen LogP contribution is 2.21. The molecule has 2 aromatic rings. The lowest BCUT2D eigenvalue weighted by Crippen LogP contribution is -2.22. The zero-order valence-electron chi connectivity index (χ0n) is 11.7. The van der Waals surface area contributed by atoms with Gasteiger partial charge < -0.3 is 15.2 Å². The van der Waals surface area contributed by atoms with Gasteiger partial charge in [0.05, 0.1) is 10.7 Å². The predicted octanol–water partition coefficient (Wildman–Crippen LogP) is 3.03. The minimum absolute atomic E-state index is 0.0769. The molecule has 0 aliphatic heterocycles. The van der Waals surface area contributed by atoms with Gasteiger partial charge >= 0.3 is 0 Å². The summed E-state index contributed by atoms with van der Waals surface area (Å²) < 4.78 is 1.96. The van der Waals surface area contributed by atoms with E-state index in [1.54, 1.807) is 12.1 Å². The predicted molar refractivity (Wildman–Crippen MR) is 84.4 cm³/mol. The molecule has 0 saturated heterocycles. The summed E-state index contributed by atoms with van der Waals surface area (Å²) in [4.78, 5) is 12.1. The van der Waals surface area contributed by atoms with Gasteiger partial charge in [-0.15, -0.1) is 0 Å². The number of aromatic nitrogens is 1. The van der Waals surface area contributed by atoms with Crippen LogP contribution in [0.3, 0.4) is 0 Å². The van der Waals surface area contributed by atoms with Crippen LogP contribution in [0.4, 0.5) is 5.69 Å². The Morgan fingerprint density at radius 3 is 2.81 bits per heavy atom. The first-order chi connectivity index (χ1) is 10.2. The fraction of sp³-hybridized carbons (Fsp3) is 0.312. The average Bonchev–Trinajstić information content (AvgIpc) is 3.20. The maximum Gasteiger partial charge on any atom is 0.244 e. The molecule has 110 valence electrons. The summed E-state index contributed by atoms with van der Waals surface area (Å²) in [6.45, 7) is 1.09. The first-order valence-corrected chi connectivity index (χ1v) is 7.52. The van der Waals surface area contributed by atoms with E-state index in [9.17, 15) is 4.79 Å². The molecule has 5 heteroatoms. The highest BCUT2D eigenvalue weighted by atomic mass is 35.5. The van der Waals surface area contributed by atoms with Crippen molar-refractivity contribution in [1.82, 2.24) is 9.88 Å². The minimum atomic E-state index is -0.0769. The van der Waals surface area contributed by atoms with Gasteiger partial charge in [0, 0.05) is 24.5 Å². The van der Waals surface area contributed by atoms with Crippen LogP contribution in [0.15, 0.2) is 42.6 Å². The van der Waals surface area contributed by atoms with Crippen molar-refractivity contribution in [3.05, 3.63) is 53.3 Å². The number of halogens is 1. The van der Waals surface area contributed by atoms with Crippen molar-refractivity contribution in [2.24, 2.45) is 0 Å². The number of nitrogens with one attached hydrogen (secondary N) is 2. The molecule has 1 heterocycles. The lowest BCUT2D eigenvalue weighted by atomic mass is 10.3. The summed E-state index contributed by atoms with van der Waals surface area (Å²) in [6, 6.07) is 11.9. The van der Waals surface area contributed by atoms with Gasteiger partial charge in [-0.25, -0.2) is 0 Å².